The summed E-state index contributed by atoms with van der Waals surface area (Å²) in [5.74, 6) is -1.10. The molecule has 2 aromatic rings. The van der Waals surface area contributed by atoms with Crippen LogP contribution in [0.4, 0.5) is 24.5 Å². The monoisotopic (exact) mass is 495 g/mol. The second kappa shape index (κ2) is 9.09. The van der Waals surface area contributed by atoms with Gasteiger partial charge in [0.15, 0.2) is 12.4 Å². The van der Waals surface area contributed by atoms with Gasteiger partial charge in [0.25, 0.3) is 5.69 Å². The number of nitrogens with zero attached hydrogens (tertiary/aromatic N) is 2. The summed E-state index contributed by atoms with van der Waals surface area (Å²) < 4.78 is 43.5. The highest BCUT2D eigenvalue weighted by atomic mass is 79.9. The lowest BCUT2D eigenvalue weighted by atomic mass is 10.1. The van der Waals surface area contributed by atoms with Crippen LogP contribution in [0.15, 0.2) is 39.9 Å². The summed E-state index contributed by atoms with van der Waals surface area (Å²) in [5.41, 5.74) is 0.501. The smallest absolute Gasteiger partial charge is 0.416 e. The Kier molecular flexibility index (Phi) is 7.03. The third kappa shape index (κ3) is 6.06. The van der Waals surface area contributed by atoms with Crippen LogP contribution in [0.25, 0.3) is 0 Å². The van der Waals surface area contributed by atoms with E-state index in [9.17, 15) is 28.1 Å². The first-order chi connectivity index (χ1) is 13.5. The molecule has 8 nitrogen and oxygen atoms in total. The SMILES string of the molecule is O=C(O)COc1c(Cl)cc(/C=N\Nc2ccc(C(F)(F)F)cc2[N+](=O)[O-])cc1Br. The zero-order valence-corrected chi connectivity index (χ0v) is 16.4. The Morgan fingerprint density at radius 2 is 2.07 bits per heavy atom. The van der Waals surface area contributed by atoms with Gasteiger partial charge in [0.1, 0.15) is 5.69 Å². The molecule has 29 heavy (non-hydrogen) atoms. The number of aliphatic carboxylic acids is 1. The lowest BCUT2D eigenvalue weighted by molar-refractivity contribution is -0.384. The quantitative estimate of drug-likeness (QED) is 0.319. The highest BCUT2D eigenvalue weighted by Crippen LogP contribution is 2.36. The van der Waals surface area contributed by atoms with Crippen LogP contribution in [0, 0.1) is 10.1 Å². The molecule has 0 saturated carbocycles. The molecule has 0 aliphatic carbocycles. The highest BCUT2D eigenvalue weighted by molar-refractivity contribution is 9.10. The maximum absolute atomic E-state index is 12.7. The number of rotatable bonds is 7. The predicted molar refractivity (Wildman–Crippen MR) is 102 cm³/mol. The standard InChI is InChI=1S/C16H10BrClF3N3O5/c17-10-3-8(4-11(18)15(10)29-7-14(25)26)6-22-23-12-2-1-9(16(19,20)21)5-13(12)24(27)28/h1-6,23H,7H2,(H,25,26)/b22-6-. The first kappa shape index (κ1) is 22.4. The molecule has 0 amide bonds. The van der Waals surface area contributed by atoms with Gasteiger partial charge in [0.2, 0.25) is 0 Å². The molecule has 0 spiro atoms. The lowest BCUT2D eigenvalue weighted by Crippen LogP contribution is -2.10. The number of anilines is 1. The van der Waals surface area contributed by atoms with Crippen molar-refractivity contribution in [2.24, 2.45) is 5.10 Å². The van der Waals surface area contributed by atoms with Gasteiger partial charge in [0.05, 0.1) is 26.2 Å². The minimum Gasteiger partial charge on any atom is -0.479 e. The normalized spacial score (nSPS) is 11.5. The molecule has 0 heterocycles. The van der Waals surface area contributed by atoms with Crippen molar-refractivity contribution in [1.29, 1.82) is 0 Å². The zero-order chi connectivity index (χ0) is 21.8. The van der Waals surface area contributed by atoms with Gasteiger partial charge in [-0.25, -0.2) is 4.79 Å². The minimum atomic E-state index is -4.72. The fraction of sp³-hybridized carbons (Fsp3) is 0.125. The second-order valence-electron chi connectivity index (χ2n) is 5.35. The maximum atomic E-state index is 12.7. The van der Waals surface area contributed by atoms with Crippen molar-refractivity contribution in [3.63, 3.8) is 0 Å². The first-order valence-electron chi connectivity index (χ1n) is 7.47. The van der Waals surface area contributed by atoms with Crippen molar-refractivity contribution < 1.29 is 32.7 Å². The number of hydrogen-bond donors (Lipinski definition) is 2. The van der Waals surface area contributed by atoms with Gasteiger partial charge >= 0.3 is 12.1 Å². The van der Waals surface area contributed by atoms with Gasteiger partial charge in [0, 0.05) is 6.07 Å². The Morgan fingerprint density at radius 1 is 1.38 bits per heavy atom. The molecule has 0 aliphatic rings. The number of carboxylic acid groups (broad SMARTS) is 1. The number of alkyl halides is 3. The van der Waals surface area contributed by atoms with Crippen molar-refractivity contribution in [3.8, 4) is 5.75 Å². The molecule has 154 valence electrons. The molecule has 0 unspecified atom stereocenters. The molecule has 0 fully saturated rings. The second-order valence-corrected chi connectivity index (χ2v) is 6.61. The number of hydrazone groups is 1. The summed E-state index contributed by atoms with van der Waals surface area (Å²) in [5, 5.41) is 23.5. The van der Waals surface area contributed by atoms with Crippen LogP contribution in [-0.2, 0) is 11.0 Å². The summed E-state index contributed by atoms with van der Waals surface area (Å²) >= 11 is 9.18. The highest BCUT2D eigenvalue weighted by Gasteiger charge is 2.33. The van der Waals surface area contributed by atoms with Crippen LogP contribution >= 0.6 is 27.5 Å². The molecule has 2 aromatic carbocycles. The Bertz CT molecular complexity index is 962. The number of benzene rings is 2. The summed E-state index contributed by atoms with van der Waals surface area (Å²) in [6.45, 7) is -0.606. The van der Waals surface area contributed by atoms with Crippen LogP contribution < -0.4 is 10.2 Å². The molecule has 0 saturated heterocycles. The van der Waals surface area contributed by atoms with E-state index < -0.39 is 34.9 Å². The van der Waals surface area contributed by atoms with Gasteiger partial charge in [-0.05, 0) is 45.8 Å². The summed E-state index contributed by atoms with van der Waals surface area (Å²) in [4.78, 5) is 20.6. The van der Waals surface area contributed by atoms with Crippen molar-refractivity contribution in [1.82, 2.24) is 0 Å². The van der Waals surface area contributed by atoms with E-state index in [-0.39, 0.29) is 16.5 Å². The largest absolute Gasteiger partial charge is 0.479 e. The van der Waals surface area contributed by atoms with Gasteiger partial charge in [-0.15, -0.1) is 0 Å². The van der Waals surface area contributed by atoms with Crippen LogP contribution in [-0.4, -0.2) is 28.8 Å². The predicted octanol–water partition coefficient (Wildman–Crippen LogP) is 4.94. The number of nitro benzene ring substituents is 1. The van der Waals surface area contributed by atoms with Crippen LogP contribution in [0.2, 0.25) is 5.02 Å². The van der Waals surface area contributed by atoms with E-state index >= 15 is 0 Å². The molecule has 0 atom stereocenters. The summed E-state index contributed by atoms with van der Waals surface area (Å²) in [7, 11) is 0. The molecule has 0 bridgehead atoms. The van der Waals surface area contributed by atoms with Gasteiger partial charge in [-0.2, -0.15) is 18.3 Å². The van der Waals surface area contributed by atoms with E-state index in [1.54, 1.807) is 0 Å². The molecular weight excluding hydrogens is 487 g/mol. The van der Waals surface area contributed by atoms with E-state index in [0.29, 0.717) is 22.2 Å². The van der Waals surface area contributed by atoms with Crippen molar-refractivity contribution in [2.45, 2.75) is 6.18 Å². The Labute approximate surface area is 174 Å². The van der Waals surface area contributed by atoms with E-state index in [0.717, 1.165) is 6.07 Å². The maximum Gasteiger partial charge on any atom is 0.416 e. The fourth-order valence-corrected chi connectivity index (χ4v) is 3.04. The molecule has 2 rings (SSSR count). The molecule has 0 radical (unpaired) electrons. The van der Waals surface area contributed by atoms with Crippen LogP contribution in [0.5, 0.6) is 5.75 Å². The van der Waals surface area contributed by atoms with Gasteiger partial charge in [-0.3, -0.25) is 15.5 Å². The Morgan fingerprint density at radius 3 is 2.62 bits per heavy atom. The number of carbonyl (C=O) groups is 1. The average Bonchev–Trinajstić information content (AvgIpc) is 2.59. The lowest BCUT2D eigenvalue weighted by Gasteiger charge is -2.09. The third-order valence-electron chi connectivity index (χ3n) is 3.28. The van der Waals surface area contributed by atoms with E-state index in [2.05, 4.69) is 26.5 Å². The van der Waals surface area contributed by atoms with Gasteiger partial charge < -0.3 is 9.84 Å². The summed E-state index contributed by atoms with van der Waals surface area (Å²) in [6.07, 6.45) is -3.51. The molecular formula is C16H10BrClF3N3O5. The van der Waals surface area contributed by atoms with E-state index in [4.69, 9.17) is 21.4 Å². The fourth-order valence-electron chi connectivity index (χ4n) is 2.06. The molecule has 2 N–H and O–H groups in total. The summed E-state index contributed by atoms with van der Waals surface area (Å²) in [6, 6.07) is 4.85. The Hall–Kier alpha value is -2.86. The van der Waals surface area contributed by atoms with Crippen LogP contribution in [0.3, 0.4) is 0 Å². The van der Waals surface area contributed by atoms with Crippen molar-refractivity contribution in [3.05, 3.63) is 61.1 Å². The van der Waals surface area contributed by atoms with Crippen molar-refractivity contribution in [2.75, 3.05) is 12.0 Å². The third-order valence-corrected chi connectivity index (χ3v) is 4.15. The van der Waals surface area contributed by atoms with Crippen LogP contribution in [0.1, 0.15) is 11.1 Å². The van der Waals surface area contributed by atoms with E-state index in [1.807, 2.05) is 0 Å². The minimum absolute atomic E-state index is 0.0718. The van der Waals surface area contributed by atoms with E-state index in [1.165, 1.54) is 18.3 Å². The van der Waals surface area contributed by atoms with Gasteiger partial charge in [-0.1, -0.05) is 11.6 Å². The first-order valence-corrected chi connectivity index (χ1v) is 8.64. The number of halogens is 5. The zero-order valence-electron chi connectivity index (χ0n) is 14.0. The number of nitro groups is 1. The Balaban J connectivity index is 2.21. The molecule has 0 aromatic heterocycles. The number of carboxylic acids is 1. The number of nitrogens with one attached hydrogen (secondary N) is 1. The van der Waals surface area contributed by atoms with Crippen molar-refractivity contribution >= 4 is 51.1 Å². The average molecular weight is 497 g/mol. The number of ether oxygens (including phenoxy) is 1. The molecule has 0 aliphatic heterocycles. The topological polar surface area (TPSA) is 114 Å². The molecule has 13 heteroatoms. The number of hydrogen-bond acceptors (Lipinski definition) is 6.